The molecule has 3 aromatic rings. The predicted molar refractivity (Wildman–Crippen MR) is 124 cm³/mol. The van der Waals surface area contributed by atoms with Gasteiger partial charge < -0.3 is 10.1 Å². The van der Waals surface area contributed by atoms with Crippen LogP contribution in [0.4, 0.5) is 11.4 Å². The lowest BCUT2D eigenvalue weighted by atomic mass is 10.1. The molecule has 0 spiro atoms. The Morgan fingerprint density at radius 1 is 1.03 bits per heavy atom. The number of nitrogens with zero attached hydrogens (tertiary/aromatic N) is 2. The topological polar surface area (TPSA) is 119 Å². The lowest BCUT2D eigenvalue weighted by molar-refractivity contribution is -0.384. The third-order valence-corrected chi connectivity index (χ3v) is 6.75. The van der Waals surface area contributed by atoms with Gasteiger partial charge in [0.25, 0.3) is 15.7 Å². The third kappa shape index (κ3) is 5.66. The molecule has 172 valence electrons. The molecule has 3 rings (SSSR count). The molecule has 1 N–H and O–H groups in total. The van der Waals surface area contributed by atoms with E-state index in [2.05, 4.69) is 5.32 Å². The van der Waals surface area contributed by atoms with E-state index in [1.807, 2.05) is 0 Å². The zero-order valence-electron chi connectivity index (χ0n) is 18.0. The van der Waals surface area contributed by atoms with Gasteiger partial charge in [0.15, 0.2) is 0 Å². The molecule has 1 amide bonds. The largest absolute Gasteiger partial charge is 0.497 e. The Bertz CT molecular complexity index is 1210. The summed E-state index contributed by atoms with van der Waals surface area (Å²) in [5.74, 6) is 0.145. The van der Waals surface area contributed by atoms with Crippen molar-refractivity contribution in [2.45, 2.75) is 17.9 Å². The van der Waals surface area contributed by atoms with Crippen molar-refractivity contribution >= 4 is 27.3 Å². The number of methoxy groups -OCH3 is 1. The Morgan fingerprint density at radius 2 is 1.64 bits per heavy atom. The lowest BCUT2D eigenvalue weighted by Crippen LogP contribution is -2.41. The minimum absolute atomic E-state index is 0.000597. The highest BCUT2D eigenvalue weighted by Crippen LogP contribution is 2.26. The maximum atomic E-state index is 13.3. The molecule has 0 bridgehead atoms. The number of carbonyl (C=O) groups excluding carboxylic acids is 1. The fourth-order valence-electron chi connectivity index (χ4n) is 3.17. The van der Waals surface area contributed by atoms with E-state index in [4.69, 9.17) is 4.74 Å². The summed E-state index contributed by atoms with van der Waals surface area (Å²) in [4.78, 5) is 23.2. The van der Waals surface area contributed by atoms with Crippen molar-refractivity contribution in [3.8, 4) is 5.75 Å². The minimum Gasteiger partial charge on any atom is -0.497 e. The number of sulfonamides is 1. The van der Waals surface area contributed by atoms with E-state index < -0.39 is 27.4 Å². The highest BCUT2D eigenvalue weighted by Gasteiger charge is 2.28. The fourth-order valence-corrected chi connectivity index (χ4v) is 4.61. The SMILES string of the molecule is COc1ccc([C@H](C)NC(=O)CN(c2ccc([N+](=O)[O-])cc2)S(=O)(=O)c2ccccc2)cc1. The molecule has 0 aliphatic heterocycles. The summed E-state index contributed by atoms with van der Waals surface area (Å²) in [7, 11) is -2.55. The van der Waals surface area contributed by atoms with Crippen LogP contribution in [0.15, 0.2) is 83.8 Å². The van der Waals surface area contributed by atoms with Crippen molar-refractivity contribution in [1.82, 2.24) is 5.32 Å². The molecular weight excluding hydrogens is 446 g/mol. The lowest BCUT2D eigenvalue weighted by Gasteiger charge is -2.25. The molecule has 0 radical (unpaired) electrons. The quantitative estimate of drug-likeness (QED) is 0.377. The number of nitrogens with one attached hydrogen (secondary N) is 1. The first-order valence-corrected chi connectivity index (χ1v) is 11.4. The molecule has 9 nitrogen and oxygen atoms in total. The van der Waals surface area contributed by atoms with Crippen LogP contribution in [0, 0.1) is 10.1 Å². The molecule has 0 heterocycles. The summed E-state index contributed by atoms with van der Waals surface area (Å²) in [5.41, 5.74) is 0.766. The number of ether oxygens (including phenoxy) is 1. The number of non-ortho nitro benzene ring substituents is 1. The summed E-state index contributed by atoms with van der Waals surface area (Å²) < 4.78 is 32.7. The molecule has 0 aromatic heterocycles. The second-order valence-electron chi connectivity index (χ2n) is 7.16. The molecule has 3 aromatic carbocycles. The predicted octanol–water partition coefficient (Wildman–Crippen LogP) is 3.68. The number of rotatable bonds is 9. The molecule has 0 fully saturated rings. The number of nitro benzene ring substituents is 1. The van der Waals surface area contributed by atoms with Gasteiger partial charge in [-0.25, -0.2) is 8.42 Å². The number of hydrogen-bond acceptors (Lipinski definition) is 6. The van der Waals surface area contributed by atoms with Gasteiger partial charge >= 0.3 is 0 Å². The van der Waals surface area contributed by atoms with Gasteiger partial charge in [-0.05, 0) is 48.9 Å². The average Bonchev–Trinajstić information content (AvgIpc) is 2.83. The Labute approximate surface area is 191 Å². The molecular formula is C23H23N3O6S. The summed E-state index contributed by atoms with van der Waals surface area (Å²) >= 11 is 0. The van der Waals surface area contributed by atoms with Crippen LogP contribution in [0.3, 0.4) is 0 Å². The number of carbonyl (C=O) groups is 1. The maximum Gasteiger partial charge on any atom is 0.269 e. The fraction of sp³-hybridized carbons (Fsp3) is 0.174. The number of hydrogen-bond donors (Lipinski definition) is 1. The molecule has 0 aliphatic rings. The van der Waals surface area contributed by atoms with Crippen LogP contribution in [0.1, 0.15) is 18.5 Å². The van der Waals surface area contributed by atoms with Crippen LogP contribution in [-0.2, 0) is 14.8 Å². The molecule has 0 aliphatic carbocycles. The second kappa shape index (κ2) is 10.1. The van der Waals surface area contributed by atoms with Crippen molar-refractivity contribution in [1.29, 1.82) is 0 Å². The van der Waals surface area contributed by atoms with Crippen LogP contribution in [0.5, 0.6) is 5.75 Å². The summed E-state index contributed by atoms with van der Waals surface area (Å²) in [6, 6.07) is 19.4. The summed E-state index contributed by atoms with van der Waals surface area (Å²) in [6.07, 6.45) is 0. The third-order valence-electron chi connectivity index (χ3n) is 4.96. The highest BCUT2D eigenvalue weighted by atomic mass is 32.2. The monoisotopic (exact) mass is 469 g/mol. The first kappa shape index (κ1) is 23.7. The number of anilines is 1. The van der Waals surface area contributed by atoms with E-state index in [1.54, 1.807) is 56.5 Å². The zero-order valence-corrected chi connectivity index (χ0v) is 18.9. The molecule has 1 atom stereocenters. The Kier molecular flexibility index (Phi) is 7.29. The van der Waals surface area contributed by atoms with E-state index in [0.717, 1.165) is 9.87 Å². The van der Waals surface area contributed by atoms with Crippen LogP contribution in [0.25, 0.3) is 0 Å². The second-order valence-corrected chi connectivity index (χ2v) is 9.02. The van der Waals surface area contributed by atoms with Gasteiger partial charge in [0, 0.05) is 12.1 Å². The van der Waals surface area contributed by atoms with Crippen molar-refractivity contribution in [3.05, 3.63) is 94.5 Å². The van der Waals surface area contributed by atoms with Crippen molar-refractivity contribution < 1.29 is 22.9 Å². The molecule has 0 saturated heterocycles. The van der Waals surface area contributed by atoms with E-state index in [9.17, 15) is 23.3 Å². The van der Waals surface area contributed by atoms with Gasteiger partial charge in [0.1, 0.15) is 12.3 Å². The Hall–Kier alpha value is -3.92. The summed E-state index contributed by atoms with van der Waals surface area (Å²) in [6.45, 7) is 1.27. The van der Waals surface area contributed by atoms with Gasteiger partial charge in [-0.3, -0.25) is 19.2 Å². The average molecular weight is 470 g/mol. The standard InChI is InChI=1S/C23H23N3O6S/c1-17(18-8-14-21(32-2)15-9-18)24-23(27)16-25(19-10-12-20(13-11-19)26(28)29)33(30,31)22-6-4-3-5-7-22/h3-15,17H,16H2,1-2H3,(H,24,27)/t17-/m0/s1. The first-order valence-electron chi connectivity index (χ1n) is 9.98. The Morgan fingerprint density at radius 3 is 2.18 bits per heavy atom. The van der Waals surface area contributed by atoms with Crippen LogP contribution in [-0.4, -0.2) is 32.9 Å². The first-order chi connectivity index (χ1) is 15.7. The smallest absolute Gasteiger partial charge is 0.269 e. The van der Waals surface area contributed by atoms with E-state index in [-0.39, 0.29) is 22.3 Å². The Balaban J connectivity index is 1.87. The van der Waals surface area contributed by atoms with Crippen LogP contribution < -0.4 is 14.4 Å². The highest BCUT2D eigenvalue weighted by molar-refractivity contribution is 7.92. The normalized spacial score (nSPS) is 11.9. The van der Waals surface area contributed by atoms with E-state index in [0.29, 0.717) is 5.75 Å². The summed E-state index contributed by atoms with van der Waals surface area (Å²) in [5, 5.41) is 13.8. The number of amides is 1. The zero-order chi connectivity index (χ0) is 24.0. The number of nitro groups is 1. The van der Waals surface area contributed by atoms with Crippen LogP contribution in [0.2, 0.25) is 0 Å². The molecule has 33 heavy (non-hydrogen) atoms. The molecule has 0 unspecified atom stereocenters. The van der Waals surface area contributed by atoms with Crippen molar-refractivity contribution in [2.24, 2.45) is 0 Å². The van der Waals surface area contributed by atoms with Gasteiger partial charge in [-0.2, -0.15) is 0 Å². The van der Waals surface area contributed by atoms with Gasteiger partial charge in [-0.1, -0.05) is 30.3 Å². The minimum atomic E-state index is -4.11. The molecule has 0 saturated carbocycles. The van der Waals surface area contributed by atoms with Gasteiger partial charge in [-0.15, -0.1) is 0 Å². The number of benzene rings is 3. The van der Waals surface area contributed by atoms with Crippen molar-refractivity contribution in [3.63, 3.8) is 0 Å². The van der Waals surface area contributed by atoms with Crippen LogP contribution >= 0.6 is 0 Å². The van der Waals surface area contributed by atoms with Crippen molar-refractivity contribution in [2.75, 3.05) is 18.0 Å². The van der Waals surface area contributed by atoms with E-state index in [1.165, 1.54) is 36.4 Å². The maximum absolute atomic E-state index is 13.3. The van der Waals surface area contributed by atoms with Gasteiger partial charge in [0.2, 0.25) is 5.91 Å². The van der Waals surface area contributed by atoms with E-state index >= 15 is 0 Å². The van der Waals surface area contributed by atoms with Gasteiger partial charge in [0.05, 0.1) is 28.7 Å². The molecule has 10 heteroatoms.